The van der Waals surface area contributed by atoms with Crippen LogP contribution < -0.4 is 11.5 Å². The van der Waals surface area contributed by atoms with Crippen LogP contribution in [-0.2, 0) is 28.2 Å². The lowest BCUT2D eigenvalue weighted by Gasteiger charge is -2.19. The molecule has 25 heavy (non-hydrogen) atoms. The molecule has 4 N–H and O–H groups in total. The highest BCUT2D eigenvalue weighted by Crippen LogP contribution is 2.58. The molecule has 8 nitrogen and oxygen atoms in total. The molecule has 0 fully saturated rings. The Balaban J connectivity index is 2.65. The number of hydrogen-bond donors (Lipinski definition) is 3. The summed E-state index contributed by atoms with van der Waals surface area (Å²) in [4.78, 5) is 35.0. The maximum atomic E-state index is 12.4. The fourth-order valence-electron chi connectivity index (χ4n) is 1.60. The summed E-state index contributed by atoms with van der Waals surface area (Å²) in [6, 6.07) is 8.04. The van der Waals surface area contributed by atoms with Gasteiger partial charge in [-0.05, 0) is 29.7 Å². The van der Waals surface area contributed by atoms with Gasteiger partial charge in [-0.2, -0.15) is 0 Å². The second-order valence-electron chi connectivity index (χ2n) is 4.83. The summed E-state index contributed by atoms with van der Waals surface area (Å²) in [6.07, 6.45) is 1.46. The van der Waals surface area contributed by atoms with Crippen LogP contribution in [0.1, 0.15) is 6.92 Å². The molecule has 0 saturated heterocycles. The molecule has 0 radical (unpaired) electrons. The molecule has 138 valence electrons. The Hall–Kier alpha value is -1.93. The molecule has 1 rings (SSSR count). The lowest BCUT2D eigenvalue weighted by Crippen LogP contribution is -2.30. The van der Waals surface area contributed by atoms with E-state index >= 15 is 0 Å². The molecule has 0 bridgehead atoms. The van der Waals surface area contributed by atoms with Crippen molar-refractivity contribution in [3.63, 3.8) is 0 Å². The number of carbonyl (C=O) groups is 3. The number of rotatable bonds is 8. The molecular weight excluding hydrogens is 367 g/mol. The van der Waals surface area contributed by atoms with Gasteiger partial charge in [0.2, 0.25) is 0 Å². The molecule has 0 aliphatic rings. The van der Waals surface area contributed by atoms with Gasteiger partial charge in [0.25, 0.3) is 7.23 Å². The molecule has 0 amide bonds. The first-order chi connectivity index (χ1) is 11.8. The zero-order valence-electron chi connectivity index (χ0n) is 13.6. The molecule has 0 spiro atoms. The van der Waals surface area contributed by atoms with Crippen molar-refractivity contribution >= 4 is 35.7 Å². The molecular formula is C15H21N2O6PS. The fourth-order valence-corrected chi connectivity index (χ4v) is 6.01. The minimum Gasteiger partial charge on any atom is -0.404 e. The highest BCUT2D eigenvalue weighted by molar-refractivity contribution is 8.61. The maximum absolute atomic E-state index is 12.4. The second kappa shape index (κ2) is 10.8. The van der Waals surface area contributed by atoms with Gasteiger partial charge in [-0.3, -0.25) is 4.57 Å². The molecule has 0 heterocycles. The second-order valence-corrected chi connectivity index (χ2v) is 10.1. The van der Waals surface area contributed by atoms with Crippen molar-refractivity contribution in [2.45, 2.75) is 17.9 Å². The SMILES string of the molecule is C[C@H](N)C(=O)OC(=O)/C=C/C(=O)O[PH](=O)[SH](CCN)c1ccccc1. The number of carbonyl (C=O) groups excluding carboxylic acids is 3. The number of hydrogen-bond acceptors (Lipinski definition) is 8. The number of nitrogens with two attached hydrogens (primary N) is 2. The minimum absolute atomic E-state index is 0.302. The average Bonchev–Trinajstić information content (AvgIpc) is 2.58. The average molecular weight is 388 g/mol. The molecule has 0 saturated carbocycles. The van der Waals surface area contributed by atoms with Gasteiger partial charge in [-0.1, -0.05) is 18.2 Å². The molecule has 3 atom stereocenters. The first-order valence-electron chi connectivity index (χ1n) is 7.33. The van der Waals surface area contributed by atoms with Crippen LogP contribution in [0.5, 0.6) is 0 Å². The van der Waals surface area contributed by atoms with E-state index < -0.39 is 41.7 Å². The van der Waals surface area contributed by atoms with Gasteiger partial charge in [0.1, 0.15) is 6.04 Å². The summed E-state index contributed by atoms with van der Waals surface area (Å²) in [5, 5.41) is 0. The van der Waals surface area contributed by atoms with Crippen LogP contribution in [0.2, 0.25) is 0 Å². The van der Waals surface area contributed by atoms with Crippen molar-refractivity contribution in [1.82, 2.24) is 0 Å². The summed E-state index contributed by atoms with van der Waals surface area (Å²) in [6.45, 7) is 1.65. The van der Waals surface area contributed by atoms with Gasteiger partial charge in [0.05, 0.1) is 0 Å². The summed E-state index contributed by atoms with van der Waals surface area (Å²) >= 11 is 0. The number of ether oxygens (including phenoxy) is 1. The number of thiol groups is 1. The van der Waals surface area contributed by atoms with Gasteiger partial charge in [0, 0.05) is 18.7 Å². The zero-order chi connectivity index (χ0) is 18.8. The quantitative estimate of drug-likeness (QED) is 0.196. The lowest BCUT2D eigenvalue weighted by molar-refractivity contribution is -0.157. The van der Waals surface area contributed by atoms with Crippen LogP contribution in [0.15, 0.2) is 47.4 Å². The van der Waals surface area contributed by atoms with Crippen molar-refractivity contribution in [2.24, 2.45) is 11.5 Å². The molecule has 0 aromatic heterocycles. The third kappa shape index (κ3) is 7.66. The van der Waals surface area contributed by atoms with E-state index in [1.807, 2.05) is 6.07 Å². The topological polar surface area (TPSA) is 139 Å². The molecule has 1 aromatic rings. The Kier molecular flexibility index (Phi) is 9.15. The van der Waals surface area contributed by atoms with Gasteiger partial charge < -0.3 is 20.7 Å². The van der Waals surface area contributed by atoms with Crippen LogP contribution in [0.3, 0.4) is 0 Å². The molecule has 0 aliphatic carbocycles. The third-order valence-electron chi connectivity index (χ3n) is 2.76. The predicted octanol–water partition coefficient (Wildman–Crippen LogP) is 0.912. The van der Waals surface area contributed by atoms with Crippen molar-refractivity contribution < 1.29 is 28.2 Å². The van der Waals surface area contributed by atoms with E-state index in [1.165, 1.54) is 6.92 Å². The number of esters is 2. The Labute approximate surface area is 148 Å². The van der Waals surface area contributed by atoms with Crippen molar-refractivity contribution in [2.75, 3.05) is 12.3 Å². The fraction of sp³-hybridized carbons (Fsp3) is 0.267. The van der Waals surface area contributed by atoms with E-state index in [0.717, 1.165) is 11.0 Å². The first kappa shape index (κ1) is 21.1. The molecule has 1 aromatic carbocycles. The Bertz CT molecular complexity index is 665. The predicted molar refractivity (Wildman–Crippen MR) is 96.6 cm³/mol. The lowest BCUT2D eigenvalue weighted by atomic mass is 10.4. The largest absolute Gasteiger partial charge is 0.404 e. The molecule has 10 heteroatoms. The minimum atomic E-state index is -2.73. The van der Waals surface area contributed by atoms with Crippen LogP contribution in [0.4, 0.5) is 0 Å². The maximum Gasteiger partial charge on any atom is 0.338 e. The van der Waals surface area contributed by atoms with Crippen molar-refractivity contribution in [1.29, 1.82) is 0 Å². The van der Waals surface area contributed by atoms with Crippen LogP contribution >= 0.6 is 17.7 Å². The monoisotopic (exact) mass is 388 g/mol. The standard InChI is InChI=1S/C15H21N2O6PS/c1-11(17)15(20)22-13(18)7-8-14(19)23-24(21)25(10-9-16)12-5-3-2-4-6-12/h2-8,11,24-25H,9-10,16-17H2,1H3/b8-7+/t11-/m0/s1. The zero-order valence-corrected chi connectivity index (χ0v) is 15.5. The van der Waals surface area contributed by atoms with E-state index in [0.29, 0.717) is 18.4 Å². The van der Waals surface area contributed by atoms with Gasteiger partial charge >= 0.3 is 17.9 Å². The van der Waals surface area contributed by atoms with Gasteiger partial charge in [-0.15, -0.1) is 10.5 Å². The highest BCUT2D eigenvalue weighted by atomic mass is 32.8. The van der Waals surface area contributed by atoms with Gasteiger partial charge in [-0.25, -0.2) is 14.4 Å². The molecule has 2 unspecified atom stereocenters. The van der Waals surface area contributed by atoms with Crippen LogP contribution in [-0.4, -0.2) is 36.2 Å². The van der Waals surface area contributed by atoms with E-state index in [2.05, 4.69) is 4.74 Å². The molecule has 0 aliphatic heterocycles. The normalized spacial score (nSPS) is 15.2. The van der Waals surface area contributed by atoms with E-state index in [9.17, 15) is 18.9 Å². The van der Waals surface area contributed by atoms with Crippen molar-refractivity contribution in [3.8, 4) is 0 Å². The Morgan fingerprint density at radius 1 is 1.20 bits per heavy atom. The Morgan fingerprint density at radius 2 is 1.80 bits per heavy atom. The third-order valence-corrected chi connectivity index (χ3v) is 8.24. The number of benzene rings is 1. The summed E-state index contributed by atoms with van der Waals surface area (Å²) in [7, 11) is -3.97. The van der Waals surface area contributed by atoms with Crippen molar-refractivity contribution in [3.05, 3.63) is 42.5 Å². The van der Waals surface area contributed by atoms with Gasteiger partial charge in [0.15, 0.2) is 0 Å². The van der Waals surface area contributed by atoms with Crippen LogP contribution in [0.25, 0.3) is 0 Å². The van der Waals surface area contributed by atoms with E-state index in [1.54, 1.807) is 24.3 Å². The summed E-state index contributed by atoms with van der Waals surface area (Å²) in [5.74, 6) is -2.51. The smallest absolute Gasteiger partial charge is 0.338 e. The first-order valence-corrected chi connectivity index (χ1v) is 11.0. The van der Waals surface area contributed by atoms with Crippen LogP contribution in [0, 0.1) is 0 Å². The Morgan fingerprint density at radius 3 is 2.36 bits per heavy atom. The highest BCUT2D eigenvalue weighted by Gasteiger charge is 2.17. The van der Waals surface area contributed by atoms with E-state index in [-0.39, 0.29) is 0 Å². The summed E-state index contributed by atoms with van der Waals surface area (Å²) in [5.41, 5.74) is 10.8. The summed E-state index contributed by atoms with van der Waals surface area (Å²) < 4.78 is 21.6. The van der Waals surface area contributed by atoms with E-state index in [4.69, 9.17) is 16.0 Å².